The molecule has 3 aromatic rings. The molecule has 170 valence electrons. The van der Waals surface area contributed by atoms with Crippen LogP contribution in [-0.4, -0.2) is 45.4 Å². The molecule has 0 unspecified atom stereocenters. The minimum Gasteiger partial charge on any atom is -0.478 e. The summed E-state index contributed by atoms with van der Waals surface area (Å²) in [5, 5.41) is 8.42. The monoisotopic (exact) mass is 503 g/mol. The minimum absolute atomic E-state index is 0.229. The van der Waals surface area contributed by atoms with Crippen LogP contribution in [0.15, 0.2) is 63.2 Å². The molecule has 32 heavy (non-hydrogen) atoms. The zero-order chi connectivity index (χ0) is 24.1. The highest BCUT2D eigenvalue weighted by Crippen LogP contribution is 2.35. The maximum absolute atomic E-state index is 12.7. The fraction of sp³-hybridized carbons (Fsp3) is 0. The van der Waals surface area contributed by atoms with Crippen molar-refractivity contribution in [2.24, 2.45) is 0 Å². The van der Waals surface area contributed by atoms with Gasteiger partial charge in [0, 0.05) is 22.5 Å². The summed E-state index contributed by atoms with van der Waals surface area (Å²) in [6, 6.07) is 7.21. The van der Waals surface area contributed by atoms with Gasteiger partial charge in [-0.1, -0.05) is 12.1 Å². The predicted octanol–water partition coefficient (Wildman–Crippen LogP) is 1.38. The molecule has 0 bridgehead atoms. The van der Waals surface area contributed by atoms with E-state index in [4.69, 9.17) is 15.0 Å². The first-order valence-corrected chi connectivity index (χ1v) is 12.5. The first-order chi connectivity index (χ1) is 14.6. The Kier molecular flexibility index (Phi) is 5.65. The van der Waals surface area contributed by atoms with Crippen molar-refractivity contribution in [3.8, 4) is 5.75 Å². The number of carboxylic acid groups (broad SMARTS) is 1. The number of anilines is 1. The summed E-state index contributed by atoms with van der Waals surface area (Å²) in [4.78, 5) is 8.88. The fourth-order valence-electron chi connectivity index (χ4n) is 2.78. The molecule has 0 spiro atoms. The molecule has 0 radical (unpaired) electrons. The van der Waals surface area contributed by atoms with E-state index in [0.717, 1.165) is 24.3 Å². The van der Waals surface area contributed by atoms with E-state index < -0.39 is 67.7 Å². The fourth-order valence-corrected chi connectivity index (χ4v) is 4.97. The molecular weight excluding hydrogens is 490 g/mol. The number of nitrogen functional groups attached to an aromatic ring is 1. The molecule has 0 aliphatic rings. The molecule has 12 nitrogen and oxygen atoms in total. The number of aromatic carboxylic acids is 1. The normalized spacial score (nSPS) is 12.6. The van der Waals surface area contributed by atoms with Gasteiger partial charge in [0.2, 0.25) is 0 Å². The van der Waals surface area contributed by atoms with E-state index in [9.17, 15) is 39.2 Å². The maximum atomic E-state index is 12.7. The van der Waals surface area contributed by atoms with Gasteiger partial charge in [-0.3, -0.25) is 9.11 Å². The number of fused-ring (bicyclic) bond motifs is 1. The highest BCUT2D eigenvalue weighted by molar-refractivity contribution is 7.87. The molecule has 0 amide bonds. The Labute approximate surface area is 181 Å². The van der Waals surface area contributed by atoms with Crippen molar-refractivity contribution in [2.75, 3.05) is 5.73 Å². The molecule has 0 saturated heterocycles. The topological polar surface area (TPSA) is 215 Å². The largest absolute Gasteiger partial charge is 0.478 e. The number of carbonyl (C=O) groups is 1. The van der Waals surface area contributed by atoms with Crippen LogP contribution >= 0.6 is 0 Å². The first kappa shape index (κ1) is 23.4. The summed E-state index contributed by atoms with van der Waals surface area (Å²) < 4.78 is 95.9. The Morgan fingerprint density at radius 2 is 1.47 bits per heavy atom. The molecule has 15 heteroatoms. The lowest BCUT2D eigenvalue weighted by Gasteiger charge is -2.13. The molecule has 3 rings (SSSR count). The summed E-state index contributed by atoms with van der Waals surface area (Å²) in [5.74, 6) is -2.23. The molecule has 0 fully saturated rings. The van der Waals surface area contributed by atoms with E-state index >= 15 is 0 Å². The maximum Gasteiger partial charge on any atom is 0.339 e. The van der Waals surface area contributed by atoms with Gasteiger partial charge in [0.05, 0.1) is 10.5 Å². The smallest absolute Gasteiger partial charge is 0.339 e. The SMILES string of the molecule is Nc1ccc(S(=O)(=O)Oc2cc(S(=O)(=O)O)cc3c(S(=O)(=O)O)cccc23)cc1C(=O)O. The first-order valence-electron chi connectivity index (χ1n) is 8.20. The van der Waals surface area contributed by atoms with Gasteiger partial charge in [0.25, 0.3) is 20.2 Å². The summed E-state index contributed by atoms with van der Waals surface area (Å²) >= 11 is 0. The number of hydrogen-bond acceptors (Lipinski definition) is 9. The van der Waals surface area contributed by atoms with Crippen LogP contribution in [0.1, 0.15) is 10.4 Å². The van der Waals surface area contributed by atoms with Crippen LogP contribution < -0.4 is 9.92 Å². The molecule has 5 N–H and O–H groups in total. The third-order valence-corrected chi connectivity index (χ3v) is 7.18. The average Bonchev–Trinajstić information content (AvgIpc) is 2.65. The lowest BCUT2D eigenvalue weighted by Crippen LogP contribution is -2.13. The predicted molar refractivity (Wildman–Crippen MR) is 109 cm³/mol. The van der Waals surface area contributed by atoms with E-state index in [1.165, 1.54) is 6.07 Å². The van der Waals surface area contributed by atoms with Crippen LogP contribution in [-0.2, 0) is 30.4 Å². The van der Waals surface area contributed by atoms with Gasteiger partial charge >= 0.3 is 16.1 Å². The molecule has 0 heterocycles. The zero-order valence-electron chi connectivity index (χ0n) is 15.5. The molecule has 0 aromatic heterocycles. The van der Waals surface area contributed by atoms with Crippen molar-refractivity contribution in [1.82, 2.24) is 0 Å². The van der Waals surface area contributed by atoms with Crippen molar-refractivity contribution in [2.45, 2.75) is 14.7 Å². The Bertz CT molecular complexity index is 1590. The van der Waals surface area contributed by atoms with Crippen LogP contribution in [0.5, 0.6) is 5.75 Å². The Morgan fingerprint density at radius 1 is 0.812 bits per heavy atom. The minimum atomic E-state index is -4.97. The Morgan fingerprint density at radius 3 is 2.03 bits per heavy atom. The van der Waals surface area contributed by atoms with E-state index in [0.29, 0.717) is 18.2 Å². The molecule has 0 aliphatic carbocycles. The Balaban J connectivity index is 2.29. The number of carboxylic acids is 1. The van der Waals surface area contributed by atoms with E-state index in [2.05, 4.69) is 0 Å². The molecular formula is C17H13NO11S3. The van der Waals surface area contributed by atoms with Crippen molar-refractivity contribution >= 4 is 52.8 Å². The third kappa shape index (κ3) is 4.51. The van der Waals surface area contributed by atoms with E-state index in [1.54, 1.807) is 0 Å². The Hall–Kier alpha value is -3.24. The van der Waals surface area contributed by atoms with Gasteiger partial charge in [-0.05, 0) is 30.3 Å². The lowest BCUT2D eigenvalue weighted by atomic mass is 10.1. The van der Waals surface area contributed by atoms with Gasteiger partial charge in [-0.25, -0.2) is 4.79 Å². The molecule has 0 aliphatic heterocycles. The van der Waals surface area contributed by atoms with E-state index in [1.807, 2.05) is 0 Å². The van der Waals surface area contributed by atoms with Crippen LogP contribution in [0.4, 0.5) is 5.69 Å². The summed E-state index contributed by atoms with van der Waals surface area (Å²) in [7, 11) is -14.6. The van der Waals surface area contributed by atoms with Gasteiger partial charge in [0.1, 0.15) is 9.79 Å². The van der Waals surface area contributed by atoms with Gasteiger partial charge < -0.3 is 15.0 Å². The zero-order valence-corrected chi connectivity index (χ0v) is 18.0. The lowest BCUT2D eigenvalue weighted by molar-refractivity contribution is 0.0697. The van der Waals surface area contributed by atoms with Crippen molar-refractivity contribution in [3.63, 3.8) is 0 Å². The van der Waals surface area contributed by atoms with Gasteiger partial charge in [0.15, 0.2) is 5.75 Å². The number of nitrogens with two attached hydrogens (primary N) is 1. The standard InChI is InChI=1S/C17H13NO11S3/c18-14-5-4-9(6-13(14)17(19)20)32(27,28)29-15-8-10(30(21,22)23)7-12-11(15)2-1-3-16(12)31(24,25)26/h1-8H,18H2,(H,19,20)(H,21,22,23)(H,24,25,26). The average molecular weight is 503 g/mol. The van der Waals surface area contributed by atoms with Crippen molar-refractivity contribution in [3.05, 3.63) is 54.1 Å². The second-order valence-electron chi connectivity index (χ2n) is 6.31. The van der Waals surface area contributed by atoms with E-state index in [-0.39, 0.29) is 11.1 Å². The van der Waals surface area contributed by atoms with Crippen LogP contribution in [0, 0.1) is 0 Å². The summed E-state index contributed by atoms with van der Waals surface area (Å²) in [5.41, 5.74) is 4.72. The molecule has 0 saturated carbocycles. The summed E-state index contributed by atoms with van der Waals surface area (Å²) in [6.45, 7) is 0. The second-order valence-corrected chi connectivity index (χ2v) is 10.7. The summed E-state index contributed by atoms with van der Waals surface area (Å²) in [6.07, 6.45) is 0. The number of hydrogen-bond donors (Lipinski definition) is 4. The van der Waals surface area contributed by atoms with Crippen molar-refractivity contribution in [1.29, 1.82) is 0 Å². The van der Waals surface area contributed by atoms with Crippen molar-refractivity contribution < 1.29 is 48.4 Å². The number of benzene rings is 3. The van der Waals surface area contributed by atoms with Gasteiger partial charge in [-0.2, -0.15) is 25.3 Å². The van der Waals surface area contributed by atoms with Crippen LogP contribution in [0.2, 0.25) is 0 Å². The van der Waals surface area contributed by atoms with Crippen LogP contribution in [0.3, 0.4) is 0 Å². The highest BCUT2D eigenvalue weighted by Gasteiger charge is 2.25. The quantitative estimate of drug-likeness (QED) is 0.213. The molecule has 3 aromatic carbocycles. The second kappa shape index (κ2) is 7.72. The highest BCUT2D eigenvalue weighted by atomic mass is 32.2. The number of rotatable bonds is 6. The van der Waals surface area contributed by atoms with Crippen LogP contribution in [0.25, 0.3) is 10.8 Å². The molecule has 0 atom stereocenters. The van der Waals surface area contributed by atoms with Gasteiger partial charge in [-0.15, -0.1) is 0 Å². The third-order valence-electron chi connectivity index (χ3n) is 4.21.